The monoisotopic (exact) mass is 319 g/mol. The Balaban J connectivity index is 2.76. The number of rotatable bonds is 8. The van der Waals surface area contributed by atoms with E-state index < -0.39 is 17.6 Å². The Morgan fingerprint density at radius 2 is 1.83 bits per heavy atom. The summed E-state index contributed by atoms with van der Waals surface area (Å²) >= 11 is 0. The van der Waals surface area contributed by atoms with Crippen molar-refractivity contribution >= 4 is 12.1 Å². The second-order valence-corrected chi connectivity index (χ2v) is 5.48. The second kappa shape index (κ2) is 8.98. The number of amides is 1. The van der Waals surface area contributed by atoms with Crippen molar-refractivity contribution in [1.29, 1.82) is 0 Å². The average molecular weight is 319 g/mol. The van der Waals surface area contributed by atoms with E-state index in [1.54, 1.807) is 13.8 Å². The first-order valence-corrected chi connectivity index (χ1v) is 7.74. The Bertz CT molecular complexity index is 541. The topological polar surface area (TPSA) is 64.6 Å². The lowest BCUT2D eigenvalue weighted by Crippen LogP contribution is -2.55. The van der Waals surface area contributed by atoms with Crippen molar-refractivity contribution in [3.05, 3.63) is 48.0 Å². The van der Waals surface area contributed by atoms with Crippen molar-refractivity contribution < 1.29 is 19.1 Å². The molecule has 0 radical (unpaired) electrons. The highest BCUT2D eigenvalue weighted by atomic mass is 16.6. The molecule has 1 N–H and O–H groups in total. The first-order valence-electron chi connectivity index (χ1n) is 7.74. The van der Waals surface area contributed by atoms with Crippen LogP contribution in [0.15, 0.2) is 42.5 Å². The minimum absolute atomic E-state index is 0.141. The lowest BCUT2D eigenvalue weighted by atomic mass is 9.89. The summed E-state index contributed by atoms with van der Waals surface area (Å²) in [6.45, 7) is 9.57. The predicted octanol–water partition coefficient (Wildman–Crippen LogP) is 3.59. The quantitative estimate of drug-likeness (QED) is 0.587. The van der Waals surface area contributed by atoms with Crippen molar-refractivity contribution in [3.63, 3.8) is 0 Å². The molecular weight excluding hydrogens is 294 g/mol. The van der Waals surface area contributed by atoms with Crippen molar-refractivity contribution in [3.8, 4) is 0 Å². The zero-order valence-corrected chi connectivity index (χ0v) is 14.1. The Morgan fingerprint density at radius 1 is 1.17 bits per heavy atom. The third-order valence-electron chi connectivity index (χ3n) is 3.43. The smallest absolute Gasteiger partial charge is 0.408 e. The fourth-order valence-corrected chi connectivity index (χ4v) is 2.26. The van der Waals surface area contributed by atoms with Crippen LogP contribution in [-0.2, 0) is 20.9 Å². The Morgan fingerprint density at radius 3 is 2.35 bits per heavy atom. The van der Waals surface area contributed by atoms with E-state index in [-0.39, 0.29) is 13.2 Å². The molecule has 23 heavy (non-hydrogen) atoms. The number of esters is 1. The first kappa shape index (κ1) is 18.7. The Kier molecular flexibility index (Phi) is 7.32. The molecule has 0 aliphatic carbocycles. The molecule has 1 atom stereocenters. The van der Waals surface area contributed by atoms with Gasteiger partial charge in [0.05, 0.1) is 6.61 Å². The van der Waals surface area contributed by atoms with Crippen molar-refractivity contribution in [2.24, 2.45) is 0 Å². The van der Waals surface area contributed by atoms with E-state index in [0.29, 0.717) is 12.8 Å². The van der Waals surface area contributed by atoms with Gasteiger partial charge in [-0.2, -0.15) is 0 Å². The SMILES string of the molecule is C=C(C)C[C@](CC)(NC(=O)OCc1ccccc1)C(=O)OCC. The Hall–Kier alpha value is -2.30. The molecule has 0 aromatic heterocycles. The van der Waals surface area contributed by atoms with Crippen LogP contribution < -0.4 is 5.32 Å². The van der Waals surface area contributed by atoms with Gasteiger partial charge in [0.15, 0.2) is 0 Å². The van der Waals surface area contributed by atoms with Gasteiger partial charge in [-0.1, -0.05) is 42.8 Å². The molecule has 0 aliphatic heterocycles. The van der Waals surface area contributed by atoms with Gasteiger partial charge in [0.25, 0.3) is 0 Å². The van der Waals surface area contributed by atoms with Gasteiger partial charge < -0.3 is 14.8 Å². The number of hydrogen-bond donors (Lipinski definition) is 1. The number of benzene rings is 1. The summed E-state index contributed by atoms with van der Waals surface area (Å²) < 4.78 is 10.3. The number of hydrogen-bond acceptors (Lipinski definition) is 4. The normalized spacial score (nSPS) is 12.8. The summed E-state index contributed by atoms with van der Waals surface area (Å²) in [5, 5.41) is 2.67. The minimum atomic E-state index is -1.14. The lowest BCUT2D eigenvalue weighted by molar-refractivity contribution is -0.151. The summed E-state index contributed by atoms with van der Waals surface area (Å²) in [6.07, 6.45) is 0.0482. The molecule has 1 aromatic rings. The van der Waals surface area contributed by atoms with Gasteiger partial charge in [0, 0.05) is 6.42 Å². The number of alkyl carbamates (subject to hydrolysis) is 1. The largest absolute Gasteiger partial charge is 0.464 e. The molecule has 5 heteroatoms. The van der Waals surface area contributed by atoms with Gasteiger partial charge in [0.1, 0.15) is 12.1 Å². The third-order valence-corrected chi connectivity index (χ3v) is 3.43. The molecule has 1 aromatic carbocycles. The molecule has 0 spiro atoms. The molecule has 0 saturated heterocycles. The highest BCUT2D eigenvalue weighted by Gasteiger charge is 2.40. The highest BCUT2D eigenvalue weighted by Crippen LogP contribution is 2.22. The van der Waals surface area contributed by atoms with Gasteiger partial charge in [-0.25, -0.2) is 9.59 Å². The first-order chi connectivity index (χ1) is 10.9. The molecular formula is C18H25NO4. The van der Waals surface area contributed by atoms with Crippen molar-refractivity contribution in [2.75, 3.05) is 6.61 Å². The summed E-state index contributed by atoms with van der Waals surface area (Å²) in [6, 6.07) is 9.34. The van der Waals surface area contributed by atoms with E-state index in [4.69, 9.17) is 9.47 Å². The second-order valence-electron chi connectivity index (χ2n) is 5.48. The molecule has 0 heterocycles. The molecule has 0 fully saturated rings. The maximum atomic E-state index is 12.3. The molecule has 0 unspecified atom stereocenters. The maximum absolute atomic E-state index is 12.3. The van der Waals surface area contributed by atoms with E-state index in [2.05, 4.69) is 11.9 Å². The van der Waals surface area contributed by atoms with Gasteiger partial charge in [-0.15, -0.1) is 6.58 Å². The van der Waals surface area contributed by atoms with Crippen LogP contribution >= 0.6 is 0 Å². The summed E-state index contributed by atoms with van der Waals surface area (Å²) in [5.74, 6) is -0.470. The molecule has 0 aliphatic rings. The number of carbonyl (C=O) groups excluding carboxylic acids is 2. The van der Waals surface area contributed by atoms with Crippen molar-refractivity contribution in [2.45, 2.75) is 45.8 Å². The van der Waals surface area contributed by atoms with E-state index in [1.165, 1.54) is 0 Å². The molecule has 1 rings (SSSR count). The fraction of sp³-hybridized carbons (Fsp3) is 0.444. The van der Waals surface area contributed by atoms with Gasteiger partial charge in [-0.3, -0.25) is 0 Å². The van der Waals surface area contributed by atoms with Crippen molar-refractivity contribution in [1.82, 2.24) is 5.32 Å². The standard InChI is InChI=1S/C18H25NO4/c1-5-18(12-14(3)4,16(20)22-6-2)19-17(21)23-13-15-10-8-7-9-11-15/h7-11H,3,5-6,12-13H2,1-2,4H3,(H,19,21)/t18-/m0/s1. The van der Waals surface area contributed by atoms with Crippen LogP contribution in [0.1, 0.15) is 39.2 Å². The minimum Gasteiger partial charge on any atom is -0.464 e. The van der Waals surface area contributed by atoms with E-state index in [9.17, 15) is 9.59 Å². The molecule has 5 nitrogen and oxygen atoms in total. The zero-order valence-electron chi connectivity index (χ0n) is 14.1. The fourth-order valence-electron chi connectivity index (χ4n) is 2.26. The Labute approximate surface area is 137 Å². The van der Waals surface area contributed by atoms with Crippen LogP contribution in [0.5, 0.6) is 0 Å². The third kappa shape index (κ3) is 5.77. The number of nitrogens with one attached hydrogen (secondary N) is 1. The highest BCUT2D eigenvalue weighted by molar-refractivity contribution is 5.86. The van der Waals surface area contributed by atoms with Crippen LogP contribution in [-0.4, -0.2) is 24.2 Å². The van der Waals surface area contributed by atoms with Crippen LogP contribution in [0.2, 0.25) is 0 Å². The average Bonchev–Trinajstić information content (AvgIpc) is 2.53. The molecule has 126 valence electrons. The lowest BCUT2D eigenvalue weighted by Gasteiger charge is -2.31. The van der Waals surface area contributed by atoms with Gasteiger partial charge >= 0.3 is 12.1 Å². The zero-order chi connectivity index (χ0) is 17.3. The summed E-state index contributed by atoms with van der Waals surface area (Å²) in [4.78, 5) is 24.4. The number of ether oxygens (including phenoxy) is 2. The molecule has 1 amide bonds. The maximum Gasteiger partial charge on any atom is 0.408 e. The summed E-state index contributed by atoms with van der Waals surface area (Å²) in [7, 11) is 0. The summed E-state index contributed by atoms with van der Waals surface area (Å²) in [5.41, 5.74) is 0.513. The van der Waals surface area contributed by atoms with Gasteiger partial charge in [0.2, 0.25) is 0 Å². The van der Waals surface area contributed by atoms with Crippen LogP contribution in [0, 0.1) is 0 Å². The van der Waals surface area contributed by atoms with E-state index >= 15 is 0 Å². The molecule has 0 saturated carbocycles. The van der Waals surface area contributed by atoms with Crippen LogP contribution in [0.3, 0.4) is 0 Å². The number of carbonyl (C=O) groups is 2. The predicted molar refractivity (Wildman–Crippen MR) is 88.8 cm³/mol. The van der Waals surface area contributed by atoms with E-state index in [1.807, 2.05) is 37.3 Å². The van der Waals surface area contributed by atoms with Gasteiger partial charge in [-0.05, 0) is 25.8 Å². The van der Waals surface area contributed by atoms with E-state index in [0.717, 1.165) is 11.1 Å². The molecule has 0 bridgehead atoms. The van der Waals surface area contributed by atoms with Crippen LogP contribution in [0.25, 0.3) is 0 Å². The van der Waals surface area contributed by atoms with Crippen LogP contribution in [0.4, 0.5) is 4.79 Å².